The van der Waals surface area contributed by atoms with E-state index >= 15 is 0 Å². The summed E-state index contributed by atoms with van der Waals surface area (Å²) in [5.41, 5.74) is 1.86. The van der Waals surface area contributed by atoms with Gasteiger partial charge in [-0.25, -0.2) is 27.9 Å². The molecule has 3 aromatic rings. The van der Waals surface area contributed by atoms with E-state index in [0.717, 1.165) is 19.9 Å². The van der Waals surface area contributed by atoms with Crippen LogP contribution >= 0.6 is 0 Å². The first kappa shape index (κ1) is 28.6. The van der Waals surface area contributed by atoms with Gasteiger partial charge in [0.1, 0.15) is 0 Å². The molecule has 12 heteroatoms. The van der Waals surface area contributed by atoms with Gasteiger partial charge in [-0.15, -0.1) is 0 Å². The Hall–Kier alpha value is -3.61. The summed E-state index contributed by atoms with van der Waals surface area (Å²) in [7, 11) is 1.59. The molecule has 10 nitrogen and oxygen atoms in total. The molecular weight excluding hydrogens is 489 g/mol. The number of anilines is 2. The van der Waals surface area contributed by atoms with Crippen LogP contribution in [-0.2, 0) is 14.8 Å². The first-order chi connectivity index (χ1) is 16.9. The number of halogens is 1. The number of ether oxygens (including phenoxy) is 1. The molecule has 0 amide bonds. The van der Waals surface area contributed by atoms with Crippen LogP contribution in [-0.4, -0.2) is 68.7 Å². The number of rotatable bonds is 9. The van der Waals surface area contributed by atoms with Crippen LogP contribution in [0.4, 0.5) is 16.0 Å². The second kappa shape index (κ2) is 12.9. The van der Waals surface area contributed by atoms with Crippen molar-refractivity contribution >= 4 is 27.6 Å². The number of hydrogen-bond donors (Lipinski definition) is 2. The summed E-state index contributed by atoms with van der Waals surface area (Å²) in [6, 6.07) is 12.6. The van der Waals surface area contributed by atoms with Gasteiger partial charge in [-0.3, -0.25) is 4.79 Å². The normalized spacial score (nSPS) is 11.0. The molecule has 0 spiro atoms. The van der Waals surface area contributed by atoms with E-state index in [1.54, 1.807) is 36.5 Å². The Morgan fingerprint density at radius 1 is 1.11 bits per heavy atom. The highest BCUT2D eigenvalue weighted by molar-refractivity contribution is 7.89. The Bertz CT molecular complexity index is 1270. The van der Waals surface area contributed by atoms with Gasteiger partial charge in [0.05, 0.1) is 17.7 Å². The molecule has 3 rings (SSSR count). The third kappa shape index (κ3) is 8.56. The quantitative estimate of drug-likeness (QED) is 0.436. The van der Waals surface area contributed by atoms with Crippen LogP contribution in [0, 0.1) is 5.82 Å². The van der Waals surface area contributed by atoms with Crippen LogP contribution in [0.25, 0.3) is 11.3 Å². The summed E-state index contributed by atoms with van der Waals surface area (Å²) >= 11 is 0. The van der Waals surface area contributed by atoms with Crippen LogP contribution < -0.4 is 14.8 Å². The van der Waals surface area contributed by atoms with Crippen LogP contribution in [0.15, 0.2) is 59.6 Å². The fraction of sp³-hybridized carbons (Fsp3) is 0.292. The maximum absolute atomic E-state index is 14.2. The Morgan fingerprint density at radius 3 is 2.28 bits per heavy atom. The number of aromatic nitrogens is 2. The lowest BCUT2D eigenvalue weighted by molar-refractivity contribution is -0.134. The largest absolute Gasteiger partial charge is 0.494 e. The average molecular weight is 520 g/mol. The minimum Gasteiger partial charge on any atom is -0.494 e. The number of carbonyl (C=O) groups is 1. The number of carboxylic acid groups (broad SMARTS) is 1. The summed E-state index contributed by atoms with van der Waals surface area (Å²) in [6.07, 6.45) is 2.42. The van der Waals surface area contributed by atoms with Crippen molar-refractivity contribution in [3.05, 3.63) is 60.5 Å². The van der Waals surface area contributed by atoms with E-state index in [0.29, 0.717) is 29.4 Å². The molecule has 194 valence electrons. The maximum atomic E-state index is 14.2. The number of nitrogens with zero attached hydrogens (tertiary/aromatic N) is 4. The van der Waals surface area contributed by atoms with Crippen molar-refractivity contribution in [3.8, 4) is 17.0 Å². The van der Waals surface area contributed by atoms with Gasteiger partial charge >= 0.3 is 0 Å². The van der Waals surface area contributed by atoms with Crippen LogP contribution in [0.3, 0.4) is 0 Å². The van der Waals surface area contributed by atoms with E-state index in [9.17, 15) is 12.8 Å². The second-order valence-electron chi connectivity index (χ2n) is 7.96. The smallest absolute Gasteiger partial charge is 0.300 e. The van der Waals surface area contributed by atoms with E-state index in [-0.39, 0.29) is 10.6 Å². The lowest BCUT2D eigenvalue weighted by atomic mass is 10.1. The summed E-state index contributed by atoms with van der Waals surface area (Å²) in [4.78, 5) is 22.0. The van der Waals surface area contributed by atoms with E-state index < -0.39 is 21.8 Å². The molecule has 0 aliphatic rings. The van der Waals surface area contributed by atoms with Gasteiger partial charge in [-0.1, -0.05) is 0 Å². The summed E-state index contributed by atoms with van der Waals surface area (Å²) < 4.78 is 42.4. The van der Waals surface area contributed by atoms with E-state index in [2.05, 4.69) is 14.9 Å². The topological polar surface area (TPSA) is 139 Å². The molecule has 1 heterocycles. The molecule has 2 aromatic carbocycles. The Balaban J connectivity index is 0.00000106. The number of sulfonamides is 1. The van der Waals surface area contributed by atoms with Gasteiger partial charge in [0.25, 0.3) is 5.97 Å². The zero-order valence-corrected chi connectivity index (χ0v) is 21.4. The van der Waals surface area contributed by atoms with Crippen molar-refractivity contribution in [3.63, 3.8) is 0 Å². The third-order valence-corrected chi connectivity index (χ3v) is 5.73. The highest BCUT2D eigenvalue weighted by atomic mass is 32.2. The summed E-state index contributed by atoms with van der Waals surface area (Å²) in [5, 5.41) is 12.6. The molecular formula is C24H30FN5O5S. The van der Waals surface area contributed by atoms with Crippen molar-refractivity contribution in [2.75, 3.05) is 39.2 Å². The highest BCUT2D eigenvalue weighted by Crippen LogP contribution is 2.28. The standard InChI is InChI=1S/C22H26FN5O3S.C2H4O2/c1-27(2)13-4-14-28(17-6-8-18(9-7-17)32(24,29)30)22-25-12-11-20(26-22)16-5-10-21(31-3)19(23)15-16;1-2(3)4/h5-12,15H,4,13-14H2,1-3H3,(H2,24,29,30);1H3,(H,3,4). The zero-order chi connectivity index (χ0) is 26.9. The molecule has 0 aliphatic carbocycles. The molecule has 0 bridgehead atoms. The van der Waals surface area contributed by atoms with Crippen molar-refractivity contribution in [1.29, 1.82) is 0 Å². The van der Waals surface area contributed by atoms with Gasteiger partial charge in [-0.2, -0.15) is 0 Å². The van der Waals surface area contributed by atoms with Crippen molar-refractivity contribution in [2.45, 2.75) is 18.2 Å². The minimum atomic E-state index is -3.79. The lowest BCUT2D eigenvalue weighted by Crippen LogP contribution is -2.25. The predicted molar refractivity (Wildman–Crippen MR) is 135 cm³/mol. The first-order valence-electron chi connectivity index (χ1n) is 10.8. The minimum absolute atomic E-state index is 0.0258. The number of benzene rings is 2. The molecule has 0 aliphatic heterocycles. The molecule has 0 unspecified atom stereocenters. The van der Waals surface area contributed by atoms with Gasteiger partial charge in [0.2, 0.25) is 16.0 Å². The molecule has 1 aromatic heterocycles. The first-order valence-corrected chi connectivity index (χ1v) is 12.4. The van der Waals surface area contributed by atoms with Gasteiger partial charge in [0.15, 0.2) is 11.6 Å². The molecule has 36 heavy (non-hydrogen) atoms. The fourth-order valence-electron chi connectivity index (χ4n) is 3.17. The molecule has 0 fully saturated rings. The monoisotopic (exact) mass is 519 g/mol. The lowest BCUT2D eigenvalue weighted by Gasteiger charge is -2.24. The van der Waals surface area contributed by atoms with E-state index in [4.69, 9.17) is 19.8 Å². The second-order valence-corrected chi connectivity index (χ2v) is 9.52. The van der Waals surface area contributed by atoms with Crippen LogP contribution in [0.5, 0.6) is 5.75 Å². The SMILES string of the molecule is CC(=O)O.COc1ccc(-c2ccnc(N(CCCN(C)C)c3ccc(S(N)(=O)=O)cc3)n2)cc1F. The van der Waals surface area contributed by atoms with Gasteiger partial charge in [-0.05, 0) is 75.6 Å². The summed E-state index contributed by atoms with van der Waals surface area (Å²) in [5.74, 6) is -0.740. The number of primary sulfonamides is 1. The zero-order valence-electron chi connectivity index (χ0n) is 20.6. The van der Waals surface area contributed by atoms with Crippen molar-refractivity contribution < 1.29 is 27.4 Å². The molecule has 0 saturated carbocycles. The molecule has 3 N–H and O–H groups in total. The predicted octanol–water partition coefficient (Wildman–Crippen LogP) is 3.12. The Labute approximate surface area is 210 Å². The molecule has 0 radical (unpaired) electrons. The number of aliphatic carboxylic acids is 1. The van der Waals surface area contributed by atoms with Crippen LogP contribution in [0.2, 0.25) is 0 Å². The van der Waals surface area contributed by atoms with Crippen molar-refractivity contribution in [1.82, 2.24) is 14.9 Å². The maximum Gasteiger partial charge on any atom is 0.300 e. The Kier molecular flexibility index (Phi) is 10.3. The number of methoxy groups -OCH3 is 1. The Morgan fingerprint density at radius 2 is 1.75 bits per heavy atom. The van der Waals surface area contributed by atoms with E-state index in [1.807, 2.05) is 19.0 Å². The van der Waals surface area contributed by atoms with Crippen LogP contribution in [0.1, 0.15) is 13.3 Å². The van der Waals surface area contributed by atoms with Crippen molar-refractivity contribution in [2.24, 2.45) is 5.14 Å². The van der Waals surface area contributed by atoms with Gasteiger partial charge < -0.3 is 19.6 Å². The third-order valence-electron chi connectivity index (χ3n) is 4.80. The van der Waals surface area contributed by atoms with Gasteiger partial charge in [0, 0.05) is 30.9 Å². The molecule has 0 saturated heterocycles. The van der Waals surface area contributed by atoms with E-state index in [1.165, 1.54) is 25.3 Å². The highest BCUT2D eigenvalue weighted by Gasteiger charge is 2.16. The average Bonchev–Trinajstić information content (AvgIpc) is 2.81. The summed E-state index contributed by atoms with van der Waals surface area (Å²) in [6.45, 7) is 2.52. The fourth-order valence-corrected chi connectivity index (χ4v) is 3.69. The number of nitrogens with two attached hydrogens (primary N) is 1. The number of carboxylic acids is 1. The number of hydrogen-bond acceptors (Lipinski definition) is 8. The molecule has 0 atom stereocenters.